The lowest BCUT2D eigenvalue weighted by molar-refractivity contribution is 0.0218. The number of aromatic nitrogens is 3. The Balaban J connectivity index is 1.91. The maximum atomic E-state index is 12.3. The molecule has 118 valence electrons. The van der Waals surface area contributed by atoms with E-state index in [0.29, 0.717) is 18.0 Å². The van der Waals surface area contributed by atoms with Crippen LogP contribution in [0, 0.1) is 0 Å². The van der Waals surface area contributed by atoms with E-state index in [-0.39, 0.29) is 17.8 Å². The quantitative estimate of drug-likeness (QED) is 0.875. The first kappa shape index (κ1) is 14.6. The molecule has 1 fully saturated rings. The van der Waals surface area contributed by atoms with Crippen LogP contribution in [0.4, 0.5) is 4.79 Å². The van der Waals surface area contributed by atoms with Crippen molar-refractivity contribution in [2.24, 2.45) is 0 Å². The zero-order valence-electron chi connectivity index (χ0n) is 13.0. The normalized spacial score (nSPS) is 18.9. The van der Waals surface area contributed by atoms with Crippen molar-refractivity contribution in [3.63, 3.8) is 0 Å². The Hall–Kier alpha value is -2.31. The van der Waals surface area contributed by atoms with E-state index in [1.807, 2.05) is 20.8 Å². The molecule has 1 aliphatic heterocycles. The van der Waals surface area contributed by atoms with E-state index in [0.717, 1.165) is 12.8 Å². The summed E-state index contributed by atoms with van der Waals surface area (Å²) in [6.45, 7) is 6.11. The molecule has 0 radical (unpaired) electrons. The lowest BCUT2D eigenvalue weighted by atomic mass is 10.2. The first-order valence-corrected chi connectivity index (χ1v) is 7.42. The van der Waals surface area contributed by atoms with Crippen molar-refractivity contribution in [2.75, 3.05) is 6.54 Å². The molecule has 1 atom stereocenters. The average molecular weight is 304 g/mol. The minimum absolute atomic E-state index is 0.248. The van der Waals surface area contributed by atoms with Gasteiger partial charge in [-0.1, -0.05) is 0 Å². The second-order valence-electron chi connectivity index (χ2n) is 6.50. The van der Waals surface area contributed by atoms with Crippen LogP contribution in [0.2, 0.25) is 0 Å². The van der Waals surface area contributed by atoms with E-state index in [1.165, 1.54) is 4.40 Å². The molecule has 2 aromatic heterocycles. The summed E-state index contributed by atoms with van der Waals surface area (Å²) >= 11 is 0. The largest absolute Gasteiger partial charge is 0.444 e. The van der Waals surface area contributed by atoms with Crippen molar-refractivity contribution in [1.82, 2.24) is 19.3 Å². The predicted molar refractivity (Wildman–Crippen MR) is 80.7 cm³/mol. The van der Waals surface area contributed by atoms with Crippen molar-refractivity contribution < 1.29 is 9.53 Å². The minimum Gasteiger partial charge on any atom is -0.444 e. The van der Waals surface area contributed by atoms with Gasteiger partial charge in [0.2, 0.25) is 0 Å². The van der Waals surface area contributed by atoms with Crippen molar-refractivity contribution in [2.45, 2.75) is 45.3 Å². The second-order valence-corrected chi connectivity index (χ2v) is 6.50. The Labute approximate surface area is 127 Å². The third-order valence-corrected chi connectivity index (χ3v) is 3.61. The molecule has 1 N–H and O–H groups in total. The Morgan fingerprint density at radius 2 is 2.23 bits per heavy atom. The number of rotatable bonds is 1. The highest BCUT2D eigenvalue weighted by Gasteiger charge is 2.34. The Kier molecular flexibility index (Phi) is 3.42. The summed E-state index contributed by atoms with van der Waals surface area (Å²) in [7, 11) is 0. The number of nitrogens with one attached hydrogen (secondary N) is 1. The smallest absolute Gasteiger partial charge is 0.410 e. The van der Waals surface area contributed by atoms with Gasteiger partial charge in [-0.2, -0.15) is 0 Å². The van der Waals surface area contributed by atoms with Gasteiger partial charge in [-0.25, -0.2) is 14.6 Å². The second kappa shape index (κ2) is 5.15. The molecule has 1 amide bonds. The van der Waals surface area contributed by atoms with Gasteiger partial charge in [0.25, 0.3) is 0 Å². The minimum atomic E-state index is -0.545. The lowest BCUT2D eigenvalue weighted by Crippen LogP contribution is -2.37. The lowest BCUT2D eigenvalue weighted by Gasteiger charge is -2.28. The molecule has 0 aromatic carbocycles. The summed E-state index contributed by atoms with van der Waals surface area (Å²) in [5.74, 6) is 0.513. The molecule has 1 aliphatic rings. The maximum absolute atomic E-state index is 12.3. The Morgan fingerprint density at radius 3 is 2.95 bits per heavy atom. The molecule has 3 heterocycles. The molecule has 7 heteroatoms. The van der Waals surface area contributed by atoms with Crippen LogP contribution < -0.4 is 5.69 Å². The van der Waals surface area contributed by atoms with Gasteiger partial charge >= 0.3 is 11.8 Å². The van der Waals surface area contributed by atoms with Gasteiger partial charge in [-0.15, -0.1) is 0 Å². The first-order valence-electron chi connectivity index (χ1n) is 7.42. The predicted octanol–water partition coefficient (Wildman–Crippen LogP) is 2.09. The number of hydrogen-bond donors (Lipinski definition) is 1. The summed E-state index contributed by atoms with van der Waals surface area (Å²) in [6, 6.07) is 3.29. The molecule has 2 aromatic rings. The highest BCUT2D eigenvalue weighted by atomic mass is 16.6. The third kappa shape index (κ3) is 2.70. The average Bonchev–Trinajstić information content (AvgIpc) is 3.05. The van der Waals surface area contributed by atoms with Crippen LogP contribution in [0.1, 0.15) is 45.5 Å². The third-order valence-electron chi connectivity index (χ3n) is 3.61. The molecular formula is C15H20N4O3. The van der Waals surface area contributed by atoms with Crippen LogP contribution >= 0.6 is 0 Å². The van der Waals surface area contributed by atoms with E-state index >= 15 is 0 Å². The summed E-state index contributed by atoms with van der Waals surface area (Å²) in [5, 5.41) is 0. The fraction of sp³-hybridized carbons (Fsp3) is 0.533. The van der Waals surface area contributed by atoms with Gasteiger partial charge in [-0.3, -0.25) is 14.3 Å². The van der Waals surface area contributed by atoms with Crippen molar-refractivity contribution in [3.8, 4) is 0 Å². The molecular weight excluding hydrogens is 284 g/mol. The topological polar surface area (TPSA) is 79.7 Å². The maximum Gasteiger partial charge on any atom is 0.410 e. The van der Waals surface area contributed by atoms with Gasteiger partial charge < -0.3 is 4.74 Å². The van der Waals surface area contributed by atoms with Crippen LogP contribution in [-0.4, -0.2) is 37.5 Å². The number of fused-ring (bicyclic) bond motifs is 1. The Morgan fingerprint density at radius 1 is 1.45 bits per heavy atom. The Bertz CT molecular complexity index is 756. The number of carbonyl (C=O) groups excluding carboxylic acids is 1. The number of carbonyl (C=O) groups is 1. The highest BCUT2D eigenvalue weighted by Crippen LogP contribution is 2.31. The van der Waals surface area contributed by atoms with Crippen LogP contribution in [0.5, 0.6) is 0 Å². The number of H-pyrrole nitrogens is 1. The SMILES string of the molecule is CC(C)(C)OC(=O)N1CCCC1c1nc2cccn2c(=O)[nH]1. The standard InChI is InChI=1S/C15H20N4O3/c1-15(2,3)22-14(21)18-8-4-6-10(18)12-16-11-7-5-9-19(11)13(20)17-12/h5,7,9-10H,4,6,8H2,1-3H3,(H,16,17,20). The fourth-order valence-electron chi connectivity index (χ4n) is 2.70. The van der Waals surface area contributed by atoms with Gasteiger partial charge in [0.05, 0.1) is 6.04 Å². The van der Waals surface area contributed by atoms with Crippen LogP contribution in [0.15, 0.2) is 23.1 Å². The first-order chi connectivity index (χ1) is 10.3. The van der Waals surface area contributed by atoms with E-state index in [9.17, 15) is 9.59 Å². The fourth-order valence-corrected chi connectivity index (χ4v) is 2.70. The van der Waals surface area contributed by atoms with E-state index in [1.54, 1.807) is 23.2 Å². The molecule has 0 saturated carbocycles. The zero-order valence-corrected chi connectivity index (χ0v) is 13.0. The number of nitrogens with zero attached hydrogens (tertiary/aromatic N) is 3. The summed E-state index contributed by atoms with van der Waals surface area (Å²) in [6.07, 6.45) is 2.91. The summed E-state index contributed by atoms with van der Waals surface area (Å²) < 4.78 is 6.88. The monoisotopic (exact) mass is 304 g/mol. The van der Waals surface area contributed by atoms with Gasteiger partial charge in [0, 0.05) is 12.7 Å². The molecule has 0 bridgehead atoms. The summed E-state index contributed by atoms with van der Waals surface area (Å²) in [4.78, 5) is 33.3. The molecule has 3 rings (SSSR count). The molecule has 0 spiro atoms. The molecule has 0 aliphatic carbocycles. The number of hydrogen-bond acceptors (Lipinski definition) is 4. The van der Waals surface area contributed by atoms with E-state index < -0.39 is 5.60 Å². The zero-order chi connectivity index (χ0) is 15.9. The number of ether oxygens (including phenoxy) is 1. The number of likely N-dealkylation sites (tertiary alicyclic amines) is 1. The van der Waals surface area contributed by atoms with E-state index in [2.05, 4.69) is 9.97 Å². The van der Waals surface area contributed by atoms with Crippen molar-refractivity contribution in [3.05, 3.63) is 34.6 Å². The number of aromatic amines is 1. The van der Waals surface area contributed by atoms with Gasteiger partial charge in [-0.05, 0) is 45.7 Å². The van der Waals surface area contributed by atoms with Crippen LogP contribution in [-0.2, 0) is 4.74 Å². The van der Waals surface area contributed by atoms with Crippen molar-refractivity contribution >= 4 is 11.7 Å². The highest BCUT2D eigenvalue weighted by molar-refractivity contribution is 5.69. The van der Waals surface area contributed by atoms with Gasteiger partial charge in [0.1, 0.15) is 17.1 Å². The van der Waals surface area contributed by atoms with Crippen LogP contribution in [0.25, 0.3) is 5.65 Å². The van der Waals surface area contributed by atoms with E-state index in [4.69, 9.17) is 4.74 Å². The molecule has 7 nitrogen and oxygen atoms in total. The molecule has 1 saturated heterocycles. The number of amides is 1. The molecule has 1 unspecified atom stereocenters. The van der Waals surface area contributed by atoms with Crippen LogP contribution in [0.3, 0.4) is 0 Å². The molecule has 22 heavy (non-hydrogen) atoms. The summed E-state index contributed by atoms with van der Waals surface area (Å²) in [5.41, 5.74) is -0.216. The van der Waals surface area contributed by atoms with Gasteiger partial charge in [0.15, 0.2) is 0 Å². The van der Waals surface area contributed by atoms with Crippen molar-refractivity contribution in [1.29, 1.82) is 0 Å².